The Morgan fingerprint density at radius 2 is 1.88 bits per heavy atom. The van der Waals surface area contributed by atoms with E-state index < -0.39 is 32.9 Å². The molecule has 3 heterocycles. The van der Waals surface area contributed by atoms with Crippen molar-refractivity contribution in [1.29, 1.82) is 0 Å². The molecule has 17 heteroatoms. The third kappa shape index (κ3) is 7.59. The van der Waals surface area contributed by atoms with Crippen LogP contribution in [0.5, 0.6) is 0 Å². The lowest BCUT2D eigenvalue weighted by atomic mass is 9.74. The zero-order valence-corrected chi connectivity index (χ0v) is 24.1. The van der Waals surface area contributed by atoms with Gasteiger partial charge in [-0.3, -0.25) is 9.62 Å². The molecule has 0 aliphatic carbocycles. The normalized spacial score (nSPS) is 16.2. The van der Waals surface area contributed by atoms with Crippen LogP contribution in [0.2, 0.25) is 10.0 Å². The second-order valence-electron chi connectivity index (χ2n) is 9.52. The number of rotatable bonds is 8. The highest BCUT2D eigenvalue weighted by molar-refractivity contribution is 7.92. The molecule has 0 unspecified atom stereocenters. The van der Waals surface area contributed by atoms with E-state index in [4.69, 9.17) is 33.1 Å². The van der Waals surface area contributed by atoms with Crippen molar-refractivity contribution >= 4 is 62.0 Å². The molecule has 5 rings (SSSR count). The Bertz CT molecular complexity index is 1510. The number of thiazole rings is 1. The first kappa shape index (κ1) is 31.3. The van der Waals surface area contributed by atoms with E-state index in [0.717, 1.165) is 56.0 Å². The quantitative estimate of drug-likeness (QED) is 0.249. The molecule has 1 spiro atoms. The number of nitrogens with one attached hydrogen (secondary N) is 3. The highest BCUT2D eigenvalue weighted by atomic mass is 35.5. The van der Waals surface area contributed by atoms with Gasteiger partial charge in [0.25, 0.3) is 10.0 Å². The lowest BCUT2D eigenvalue weighted by Gasteiger charge is -2.56. The van der Waals surface area contributed by atoms with Gasteiger partial charge >= 0.3 is 12.1 Å². The minimum atomic E-state index is -5.08. The van der Waals surface area contributed by atoms with Crippen LogP contribution in [0.1, 0.15) is 11.1 Å². The molecule has 4 N–H and O–H groups in total. The van der Waals surface area contributed by atoms with Crippen molar-refractivity contribution in [2.45, 2.75) is 24.2 Å². The Morgan fingerprint density at radius 1 is 1.20 bits per heavy atom. The first-order chi connectivity index (χ1) is 19.2. The Morgan fingerprint density at radius 3 is 2.44 bits per heavy atom. The zero-order chi connectivity index (χ0) is 30.0. The average Bonchev–Trinajstić information content (AvgIpc) is 3.33. The fourth-order valence-corrected chi connectivity index (χ4v) is 6.62. The molecule has 2 saturated heterocycles. The van der Waals surface area contributed by atoms with E-state index in [1.807, 2.05) is 18.2 Å². The lowest BCUT2D eigenvalue weighted by molar-refractivity contribution is -0.192. The summed E-state index contributed by atoms with van der Waals surface area (Å²) < 4.78 is 73.9. The molecule has 0 atom stereocenters. The maximum atomic E-state index is 14.8. The van der Waals surface area contributed by atoms with Crippen molar-refractivity contribution in [3.05, 3.63) is 68.2 Å². The summed E-state index contributed by atoms with van der Waals surface area (Å²) in [6.45, 7) is 5.35. The first-order valence-corrected chi connectivity index (χ1v) is 15.0. The number of halogens is 6. The number of aliphatic carboxylic acids is 1. The molecule has 222 valence electrons. The van der Waals surface area contributed by atoms with Crippen LogP contribution in [-0.2, 0) is 27.9 Å². The van der Waals surface area contributed by atoms with Crippen LogP contribution in [0.15, 0.2) is 46.1 Å². The van der Waals surface area contributed by atoms with E-state index in [1.165, 1.54) is 22.2 Å². The number of sulfonamides is 1. The van der Waals surface area contributed by atoms with Crippen molar-refractivity contribution in [3.8, 4) is 0 Å². The molecule has 2 aliphatic rings. The van der Waals surface area contributed by atoms with E-state index in [2.05, 4.69) is 25.2 Å². The standard InChI is InChI=1S/C22H22Cl2FN5O2S2.C2HF3O2/c23-16-3-1-2-14(7-30-11-22(12-30)9-26-10-22)15(16)6-27-19-5-18(25)20(4-17(19)24)34(31,32)29-21-8-33-13-28-21;3-2(4,5)1(6)7/h1-5,8,13,26-27,29H,6-7,9-12H2;(H,6,7). The maximum absolute atomic E-state index is 14.8. The highest BCUT2D eigenvalue weighted by Gasteiger charge is 2.47. The molecule has 0 bridgehead atoms. The third-order valence-corrected chi connectivity index (χ3v) is 9.03. The Kier molecular flexibility index (Phi) is 9.35. The predicted molar refractivity (Wildman–Crippen MR) is 147 cm³/mol. The summed E-state index contributed by atoms with van der Waals surface area (Å²) in [5, 5.41) is 15.8. The zero-order valence-electron chi connectivity index (χ0n) is 20.9. The first-order valence-electron chi connectivity index (χ1n) is 11.8. The van der Waals surface area contributed by atoms with Gasteiger partial charge in [-0.1, -0.05) is 35.3 Å². The van der Waals surface area contributed by atoms with Crippen LogP contribution in [0.25, 0.3) is 0 Å². The van der Waals surface area contributed by atoms with Crippen molar-refractivity contribution in [1.82, 2.24) is 15.2 Å². The smallest absolute Gasteiger partial charge is 0.475 e. The number of carboxylic acid groups (broad SMARTS) is 1. The number of hydrogen-bond acceptors (Lipinski definition) is 8. The SMILES string of the molecule is O=C(O)C(F)(F)F.O=S(=O)(Nc1cscn1)c1cc(Cl)c(NCc2c(Cl)cccc2CN2CC3(CNC3)C2)cc1F. The summed E-state index contributed by atoms with van der Waals surface area (Å²) in [5.41, 5.74) is 4.17. The van der Waals surface area contributed by atoms with Gasteiger partial charge in [0.05, 0.1) is 16.2 Å². The van der Waals surface area contributed by atoms with Gasteiger partial charge in [-0.25, -0.2) is 22.6 Å². The van der Waals surface area contributed by atoms with E-state index in [0.29, 0.717) is 17.0 Å². The summed E-state index contributed by atoms with van der Waals surface area (Å²) in [4.78, 5) is 14.6. The van der Waals surface area contributed by atoms with Gasteiger partial charge in [-0.2, -0.15) is 13.2 Å². The molecule has 2 fully saturated rings. The second-order valence-corrected chi connectivity index (χ2v) is 12.7. The number of benzene rings is 2. The van der Waals surface area contributed by atoms with E-state index in [1.54, 1.807) is 0 Å². The molecule has 2 aliphatic heterocycles. The van der Waals surface area contributed by atoms with Gasteiger partial charge in [0.2, 0.25) is 0 Å². The summed E-state index contributed by atoms with van der Waals surface area (Å²) >= 11 is 14.0. The minimum Gasteiger partial charge on any atom is -0.475 e. The Balaban J connectivity index is 0.000000493. The molecular formula is C24H23Cl2F4N5O4S2. The largest absolute Gasteiger partial charge is 0.490 e. The minimum absolute atomic E-state index is 0.0795. The summed E-state index contributed by atoms with van der Waals surface area (Å²) in [7, 11) is -4.17. The molecular weight excluding hydrogens is 633 g/mol. The van der Waals surface area contributed by atoms with Gasteiger partial charge in [-0.05, 0) is 29.3 Å². The van der Waals surface area contributed by atoms with Gasteiger partial charge in [0.15, 0.2) is 5.82 Å². The average molecular weight is 657 g/mol. The molecule has 1 aromatic heterocycles. The molecule has 41 heavy (non-hydrogen) atoms. The van der Waals surface area contributed by atoms with Crippen LogP contribution in [0, 0.1) is 11.2 Å². The van der Waals surface area contributed by atoms with Gasteiger partial charge in [0.1, 0.15) is 10.7 Å². The summed E-state index contributed by atoms with van der Waals surface area (Å²) in [6.07, 6.45) is -5.08. The van der Waals surface area contributed by atoms with E-state index in [-0.39, 0.29) is 16.5 Å². The second kappa shape index (κ2) is 12.3. The lowest BCUT2D eigenvalue weighted by Crippen LogP contribution is -2.70. The maximum Gasteiger partial charge on any atom is 0.490 e. The number of alkyl halides is 3. The fourth-order valence-electron chi connectivity index (χ4n) is 4.42. The monoisotopic (exact) mass is 655 g/mol. The number of anilines is 2. The topological polar surface area (TPSA) is 124 Å². The molecule has 0 saturated carbocycles. The van der Waals surface area contributed by atoms with Crippen LogP contribution >= 0.6 is 34.5 Å². The van der Waals surface area contributed by atoms with Crippen molar-refractivity contribution in [2.24, 2.45) is 5.41 Å². The van der Waals surface area contributed by atoms with Gasteiger partial charge in [0, 0.05) is 55.1 Å². The number of likely N-dealkylation sites (tertiary alicyclic amines) is 1. The molecule has 3 aromatic rings. The van der Waals surface area contributed by atoms with Crippen LogP contribution < -0.4 is 15.4 Å². The highest BCUT2D eigenvalue weighted by Crippen LogP contribution is 2.36. The molecule has 2 aromatic carbocycles. The van der Waals surface area contributed by atoms with Crippen molar-refractivity contribution in [2.75, 3.05) is 36.2 Å². The van der Waals surface area contributed by atoms with Crippen molar-refractivity contribution < 1.29 is 35.9 Å². The number of carboxylic acids is 1. The van der Waals surface area contributed by atoms with Crippen LogP contribution in [0.3, 0.4) is 0 Å². The predicted octanol–water partition coefficient (Wildman–Crippen LogP) is 5.04. The van der Waals surface area contributed by atoms with Gasteiger partial charge < -0.3 is 15.7 Å². The summed E-state index contributed by atoms with van der Waals surface area (Å²) in [5.74, 6) is -3.56. The molecule has 9 nitrogen and oxygen atoms in total. The number of carbonyl (C=O) groups is 1. The fraction of sp³-hybridized carbons (Fsp3) is 0.333. The van der Waals surface area contributed by atoms with Crippen molar-refractivity contribution in [3.63, 3.8) is 0 Å². The Labute approximate surface area is 246 Å². The Hall–Kier alpha value is -2.69. The van der Waals surface area contributed by atoms with E-state index in [9.17, 15) is 26.0 Å². The third-order valence-electron chi connectivity index (χ3n) is 6.41. The number of aromatic nitrogens is 1. The van der Waals surface area contributed by atoms with Crippen LogP contribution in [0.4, 0.5) is 29.1 Å². The van der Waals surface area contributed by atoms with E-state index >= 15 is 0 Å². The number of hydrogen-bond donors (Lipinski definition) is 4. The number of nitrogens with zero attached hydrogens (tertiary/aromatic N) is 2. The van der Waals surface area contributed by atoms with Crippen LogP contribution in [-0.4, -0.2) is 61.7 Å². The molecule has 0 amide bonds. The summed E-state index contributed by atoms with van der Waals surface area (Å²) in [6, 6.07) is 7.94. The van der Waals surface area contributed by atoms with Gasteiger partial charge in [-0.15, -0.1) is 11.3 Å². The molecule has 0 radical (unpaired) electrons.